The lowest BCUT2D eigenvalue weighted by Gasteiger charge is -2.24. The van der Waals surface area contributed by atoms with Crippen LogP contribution in [0.1, 0.15) is 39.0 Å². The van der Waals surface area contributed by atoms with Gasteiger partial charge in [-0.25, -0.2) is 4.98 Å². The average molecular weight is 284 g/mol. The van der Waals surface area contributed by atoms with Gasteiger partial charge in [0.05, 0.1) is 7.11 Å². The molecule has 2 atom stereocenters. The summed E-state index contributed by atoms with van der Waals surface area (Å²) < 4.78 is 5.46. The summed E-state index contributed by atoms with van der Waals surface area (Å²) >= 11 is 0. The van der Waals surface area contributed by atoms with Crippen molar-refractivity contribution in [3.63, 3.8) is 0 Å². The van der Waals surface area contributed by atoms with Gasteiger partial charge in [-0.1, -0.05) is 38.3 Å². The molecule has 1 heterocycles. The Morgan fingerprint density at radius 3 is 2.81 bits per heavy atom. The molecule has 0 bridgehead atoms. The fourth-order valence-electron chi connectivity index (χ4n) is 3.35. The fraction of sp³-hybridized carbons (Fsp3) is 0.500. The van der Waals surface area contributed by atoms with Gasteiger partial charge in [-0.2, -0.15) is 0 Å². The Bertz CT molecular complexity index is 611. The number of hydrogen-bond donors (Lipinski definition) is 1. The average Bonchev–Trinajstić information content (AvgIpc) is 2.72. The molecular formula is C18H24N2O. The van der Waals surface area contributed by atoms with Crippen molar-refractivity contribution >= 4 is 16.6 Å². The SMILES string of the molecule is COc1cccc2c(NC3CCCCCC3C)nccc12. The molecular weight excluding hydrogens is 260 g/mol. The van der Waals surface area contributed by atoms with Crippen molar-refractivity contribution in [1.29, 1.82) is 0 Å². The second-order valence-electron chi connectivity index (χ2n) is 6.08. The van der Waals surface area contributed by atoms with Crippen LogP contribution < -0.4 is 10.1 Å². The number of nitrogens with zero attached hydrogens (tertiary/aromatic N) is 1. The molecule has 0 saturated heterocycles. The Kier molecular flexibility index (Phi) is 4.28. The minimum atomic E-state index is 0.525. The number of nitrogens with one attached hydrogen (secondary N) is 1. The lowest BCUT2D eigenvalue weighted by molar-refractivity contribution is 0.420. The van der Waals surface area contributed by atoms with Crippen molar-refractivity contribution in [2.75, 3.05) is 12.4 Å². The maximum Gasteiger partial charge on any atom is 0.134 e. The highest BCUT2D eigenvalue weighted by molar-refractivity contribution is 5.95. The zero-order valence-electron chi connectivity index (χ0n) is 12.9. The lowest BCUT2D eigenvalue weighted by atomic mass is 9.97. The van der Waals surface area contributed by atoms with Gasteiger partial charge in [0.1, 0.15) is 11.6 Å². The number of methoxy groups -OCH3 is 1. The molecule has 21 heavy (non-hydrogen) atoms. The first-order valence-electron chi connectivity index (χ1n) is 7.98. The van der Waals surface area contributed by atoms with Gasteiger partial charge in [-0.05, 0) is 30.9 Å². The van der Waals surface area contributed by atoms with Crippen LogP contribution in [0.25, 0.3) is 10.8 Å². The van der Waals surface area contributed by atoms with Crippen molar-refractivity contribution in [3.05, 3.63) is 30.5 Å². The Morgan fingerprint density at radius 1 is 1.10 bits per heavy atom. The molecule has 1 aromatic carbocycles. The molecule has 1 saturated carbocycles. The number of ether oxygens (including phenoxy) is 1. The van der Waals surface area contributed by atoms with Crippen LogP contribution in [-0.4, -0.2) is 18.1 Å². The molecule has 1 aromatic heterocycles. The van der Waals surface area contributed by atoms with Gasteiger partial charge < -0.3 is 10.1 Å². The lowest BCUT2D eigenvalue weighted by Crippen LogP contribution is -2.26. The second kappa shape index (κ2) is 6.33. The van der Waals surface area contributed by atoms with Crippen LogP contribution in [0.2, 0.25) is 0 Å². The predicted octanol–water partition coefficient (Wildman–Crippen LogP) is 4.62. The third-order valence-electron chi connectivity index (χ3n) is 4.67. The Balaban J connectivity index is 1.93. The van der Waals surface area contributed by atoms with E-state index in [2.05, 4.69) is 23.3 Å². The summed E-state index contributed by atoms with van der Waals surface area (Å²) in [5.41, 5.74) is 0. The smallest absolute Gasteiger partial charge is 0.134 e. The molecule has 0 aliphatic heterocycles. The van der Waals surface area contributed by atoms with Crippen LogP contribution in [-0.2, 0) is 0 Å². The molecule has 1 aliphatic carbocycles. The fourth-order valence-corrected chi connectivity index (χ4v) is 3.35. The highest BCUT2D eigenvalue weighted by atomic mass is 16.5. The first-order chi connectivity index (χ1) is 10.3. The van der Waals surface area contributed by atoms with E-state index in [1.54, 1.807) is 7.11 Å². The van der Waals surface area contributed by atoms with Crippen molar-refractivity contribution in [2.24, 2.45) is 5.92 Å². The molecule has 0 amide bonds. The zero-order chi connectivity index (χ0) is 14.7. The summed E-state index contributed by atoms with van der Waals surface area (Å²) in [5, 5.41) is 5.97. The van der Waals surface area contributed by atoms with E-state index in [-0.39, 0.29) is 0 Å². The van der Waals surface area contributed by atoms with Gasteiger partial charge in [0.2, 0.25) is 0 Å². The highest BCUT2D eigenvalue weighted by Gasteiger charge is 2.20. The molecule has 112 valence electrons. The van der Waals surface area contributed by atoms with Crippen molar-refractivity contribution in [3.8, 4) is 5.75 Å². The van der Waals surface area contributed by atoms with E-state index in [0.29, 0.717) is 12.0 Å². The van der Waals surface area contributed by atoms with Crippen LogP contribution in [0.4, 0.5) is 5.82 Å². The minimum absolute atomic E-state index is 0.525. The zero-order valence-corrected chi connectivity index (χ0v) is 12.9. The van der Waals surface area contributed by atoms with Crippen LogP contribution in [0.3, 0.4) is 0 Å². The number of fused-ring (bicyclic) bond motifs is 1. The summed E-state index contributed by atoms with van der Waals surface area (Å²) in [5.74, 6) is 2.60. The Morgan fingerprint density at radius 2 is 1.95 bits per heavy atom. The predicted molar refractivity (Wildman–Crippen MR) is 88.0 cm³/mol. The Labute approximate surface area is 126 Å². The van der Waals surface area contributed by atoms with Gasteiger partial charge in [-0.15, -0.1) is 0 Å². The van der Waals surface area contributed by atoms with E-state index >= 15 is 0 Å². The van der Waals surface area contributed by atoms with Crippen LogP contribution in [0, 0.1) is 5.92 Å². The maximum atomic E-state index is 5.46. The number of aromatic nitrogens is 1. The molecule has 2 aromatic rings. The number of anilines is 1. The molecule has 0 spiro atoms. The Hall–Kier alpha value is -1.77. The summed E-state index contributed by atoms with van der Waals surface area (Å²) in [6.07, 6.45) is 8.45. The molecule has 1 fully saturated rings. The van der Waals surface area contributed by atoms with Crippen molar-refractivity contribution < 1.29 is 4.74 Å². The molecule has 3 nitrogen and oxygen atoms in total. The number of rotatable bonds is 3. The largest absolute Gasteiger partial charge is 0.496 e. The molecule has 3 rings (SSSR count). The van der Waals surface area contributed by atoms with Crippen LogP contribution in [0.15, 0.2) is 30.5 Å². The molecule has 2 unspecified atom stereocenters. The molecule has 1 aliphatic rings. The number of hydrogen-bond acceptors (Lipinski definition) is 3. The quantitative estimate of drug-likeness (QED) is 0.835. The molecule has 0 radical (unpaired) electrons. The van der Waals surface area contributed by atoms with E-state index in [0.717, 1.165) is 22.3 Å². The van der Waals surface area contributed by atoms with E-state index < -0.39 is 0 Å². The van der Waals surface area contributed by atoms with Crippen LogP contribution in [0.5, 0.6) is 5.75 Å². The first kappa shape index (κ1) is 14.2. The number of benzene rings is 1. The van der Waals surface area contributed by atoms with Gasteiger partial charge >= 0.3 is 0 Å². The summed E-state index contributed by atoms with van der Waals surface area (Å²) in [6.45, 7) is 2.36. The molecule has 1 N–H and O–H groups in total. The normalized spacial score (nSPS) is 22.8. The third kappa shape index (κ3) is 2.97. The van der Waals surface area contributed by atoms with E-state index in [9.17, 15) is 0 Å². The molecule has 3 heteroatoms. The van der Waals surface area contributed by atoms with Gasteiger partial charge in [0, 0.05) is 23.0 Å². The van der Waals surface area contributed by atoms with Crippen molar-refractivity contribution in [1.82, 2.24) is 4.98 Å². The maximum absolute atomic E-state index is 5.46. The van der Waals surface area contributed by atoms with E-state index in [1.807, 2.05) is 24.4 Å². The van der Waals surface area contributed by atoms with Crippen LogP contribution >= 0.6 is 0 Å². The van der Waals surface area contributed by atoms with Gasteiger partial charge in [-0.3, -0.25) is 0 Å². The van der Waals surface area contributed by atoms with E-state index in [1.165, 1.54) is 32.1 Å². The minimum Gasteiger partial charge on any atom is -0.496 e. The highest BCUT2D eigenvalue weighted by Crippen LogP contribution is 2.31. The van der Waals surface area contributed by atoms with Gasteiger partial charge in [0.15, 0.2) is 0 Å². The van der Waals surface area contributed by atoms with E-state index in [4.69, 9.17) is 4.74 Å². The van der Waals surface area contributed by atoms with Crippen molar-refractivity contribution in [2.45, 2.75) is 45.1 Å². The summed E-state index contributed by atoms with van der Waals surface area (Å²) in [4.78, 5) is 4.57. The topological polar surface area (TPSA) is 34.1 Å². The standard InChI is InChI=1S/C18H24N2O/c1-13-7-4-3-5-9-16(13)20-18-15-8-6-10-17(21-2)14(15)11-12-19-18/h6,8,10-13,16H,3-5,7,9H2,1-2H3,(H,19,20). The number of pyridine rings is 1. The second-order valence-corrected chi connectivity index (χ2v) is 6.08. The monoisotopic (exact) mass is 284 g/mol. The van der Waals surface area contributed by atoms with Gasteiger partial charge in [0.25, 0.3) is 0 Å². The summed E-state index contributed by atoms with van der Waals surface area (Å²) in [7, 11) is 1.72. The first-order valence-corrected chi connectivity index (χ1v) is 7.98. The third-order valence-corrected chi connectivity index (χ3v) is 4.67. The summed E-state index contributed by atoms with van der Waals surface area (Å²) in [6, 6.07) is 8.70.